The van der Waals surface area contributed by atoms with Gasteiger partial charge in [-0.15, -0.1) is 12.4 Å². The zero-order valence-electron chi connectivity index (χ0n) is 12.1. The minimum Gasteiger partial charge on any atom is -0.494 e. The monoisotopic (exact) mass is 307 g/mol. The summed E-state index contributed by atoms with van der Waals surface area (Å²) in [6, 6.07) is 17.1. The molecule has 0 aromatic heterocycles. The van der Waals surface area contributed by atoms with E-state index in [4.69, 9.17) is 10.5 Å². The van der Waals surface area contributed by atoms with E-state index in [0.717, 1.165) is 16.9 Å². The molecule has 2 atom stereocenters. The van der Waals surface area contributed by atoms with E-state index in [0.29, 0.717) is 13.0 Å². The first-order chi connectivity index (χ1) is 9.70. The van der Waals surface area contributed by atoms with Crippen molar-refractivity contribution in [3.63, 3.8) is 0 Å². The van der Waals surface area contributed by atoms with Gasteiger partial charge in [-0.2, -0.15) is 0 Å². The minimum absolute atomic E-state index is 0. The normalized spacial score (nSPS) is 13.1. The molecule has 0 heterocycles. The summed E-state index contributed by atoms with van der Waals surface area (Å²) < 4.78 is 5.39. The SMILES string of the molecule is CCOc1ccc([C@H](N)[C@H](O)Cc2ccccc2)cc1.Cl. The molecule has 2 rings (SSSR count). The molecule has 0 unspecified atom stereocenters. The van der Waals surface area contributed by atoms with Gasteiger partial charge in [0.2, 0.25) is 0 Å². The number of benzene rings is 2. The smallest absolute Gasteiger partial charge is 0.119 e. The van der Waals surface area contributed by atoms with Crippen molar-refractivity contribution in [2.24, 2.45) is 5.73 Å². The highest BCUT2D eigenvalue weighted by Gasteiger charge is 2.17. The van der Waals surface area contributed by atoms with Crippen LogP contribution in [-0.4, -0.2) is 17.8 Å². The van der Waals surface area contributed by atoms with Gasteiger partial charge >= 0.3 is 0 Å². The first kappa shape index (κ1) is 17.5. The topological polar surface area (TPSA) is 55.5 Å². The van der Waals surface area contributed by atoms with Crippen LogP contribution in [0.3, 0.4) is 0 Å². The first-order valence-corrected chi connectivity index (χ1v) is 6.91. The zero-order valence-corrected chi connectivity index (χ0v) is 12.9. The quantitative estimate of drug-likeness (QED) is 0.862. The van der Waals surface area contributed by atoms with Crippen LogP contribution in [0.4, 0.5) is 0 Å². The summed E-state index contributed by atoms with van der Waals surface area (Å²) in [6.07, 6.45) is -0.0507. The molecule has 0 fully saturated rings. The van der Waals surface area contributed by atoms with Gasteiger partial charge in [0.15, 0.2) is 0 Å². The van der Waals surface area contributed by atoms with Gasteiger partial charge in [0.25, 0.3) is 0 Å². The highest BCUT2D eigenvalue weighted by molar-refractivity contribution is 5.85. The van der Waals surface area contributed by atoms with Gasteiger partial charge in [-0.05, 0) is 30.2 Å². The predicted octanol–water partition coefficient (Wildman–Crippen LogP) is 3.11. The number of aliphatic hydroxyl groups is 1. The first-order valence-electron chi connectivity index (χ1n) is 6.91. The number of halogens is 1. The van der Waals surface area contributed by atoms with Gasteiger partial charge in [-0.1, -0.05) is 42.5 Å². The Bertz CT molecular complexity index is 516. The highest BCUT2D eigenvalue weighted by atomic mass is 35.5. The van der Waals surface area contributed by atoms with Crippen LogP contribution in [0.1, 0.15) is 24.1 Å². The summed E-state index contributed by atoms with van der Waals surface area (Å²) in [5, 5.41) is 10.2. The molecule has 0 radical (unpaired) electrons. The van der Waals surface area contributed by atoms with E-state index in [1.54, 1.807) is 0 Å². The van der Waals surface area contributed by atoms with E-state index >= 15 is 0 Å². The van der Waals surface area contributed by atoms with Crippen molar-refractivity contribution < 1.29 is 9.84 Å². The molecule has 4 heteroatoms. The largest absolute Gasteiger partial charge is 0.494 e. The molecule has 0 aliphatic rings. The number of aliphatic hydroxyl groups excluding tert-OH is 1. The van der Waals surface area contributed by atoms with E-state index in [2.05, 4.69) is 0 Å². The van der Waals surface area contributed by atoms with Crippen LogP contribution in [0, 0.1) is 0 Å². The third-order valence-electron chi connectivity index (χ3n) is 3.28. The maximum Gasteiger partial charge on any atom is 0.119 e. The zero-order chi connectivity index (χ0) is 14.4. The molecular formula is C17H22ClNO2. The van der Waals surface area contributed by atoms with Gasteiger partial charge in [0.05, 0.1) is 18.8 Å². The van der Waals surface area contributed by atoms with Gasteiger partial charge in [0.1, 0.15) is 5.75 Å². The summed E-state index contributed by atoms with van der Waals surface area (Å²) in [7, 11) is 0. The molecule has 0 bridgehead atoms. The Morgan fingerprint density at radius 1 is 1.05 bits per heavy atom. The van der Waals surface area contributed by atoms with Crippen molar-refractivity contribution in [3.8, 4) is 5.75 Å². The summed E-state index contributed by atoms with van der Waals surface area (Å²) in [6.45, 7) is 2.59. The average molecular weight is 308 g/mol. The van der Waals surface area contributed by atoms with Crippen LogP contribution < -0.4 is 10.5 Å². The van der Waals surface area contributed by atoms with Gasteiger partial charge in [-0.3, -0.25) is 0 Å². The summed E-state index contributed by atoms with van der Waals surface area (Å²) in [5.74, 6) is 0.820. The predicted molar refractivity (Wildman–Crippen MR) is 87.9 cm³/mol. The average Bonchev–Trinajstić information content (AvgIpc) is 2.48. The molecular weight excluding hydrogens is 286 g/mol. The number of hydrogen-bond donors (Lipinski definition) is 2. The number of hydrogen-bond acceptors (Lipinski definition) is 3. The van der Waals surface area contributed by atoms with E-state index < -0.39 is 12.1 Å². The van der Waals surface area contributed by atoms with Crippen LogP contribution in [0.5, 0.6) is 5.75 Å². The minimum atomic E-state index is -0.602. The molecule has 21 heavy (non-hydrogen) atoms. The van der Waals surface area contributed by atoms with Crippen LogP contribution in [0.2, 0.25) is 0 Å². The lowest BCUT2D eigenvalue weighted by atomic mass is 9.97. The lowest BCUT2D eigenvalue weighted by Crippen LogP contribution is -2.28. The molecule has 2 aromatic carbocycles. The van der Waals surface area contributed by atoms with Crippen molar-refractivity contribution in [3.05, 3.63) is 65.7 Å². The fourth-order valence-electron chi connectivity index (χ4n) is 2.16. The van der Waals surface area contributed by atoms with Crippen LogP contribution >= 0.6 is 12.4 Å². The maximum atomic E-state index is 10.2. The van der Waals surface area contributed by atoms with Gasteiger partial charge in [0, 0.05) is 6.42 Å². The van der Waals surface area contributed by atoms with Crippen molar-refractivity contribution in [1.29, 1.82) is 0 Å². The Morgan fingerprint density at radius 2 is 1.67 bits per heavy atom. The molecule has 3 nitrogen and oxygen atoms in total. The third-order valence-corrected chi connectivity index (χ3v) is 3.28. The number of nitrogens with two attached hydrogens (primary N) is 1. The molecule has 0 amide bonds. The summed E-state index contributed by atoms with van der Waals surface area (Å²) in [5.41, 5.74) is 8.12. The Morgan fingerprint density at radius 3 is 2.24 bits per heavy atom. The van der Waals surface area contributed by atoms with Crippen molar-refractivity contribution in [2.75, 3.05) is 6.61 Å². The lowest BCUT2D eigenvalue weighted by Gasteiger charge is -2.19. The van der Waals surface area contributed by atoms with Gasteiger partial charge in [-0.25, -0.2) is 0 Å². The molecule has 3 N–H and O–H groups in total. The molecule has 0 aliphatic heterocycles. The van der Waals surface area contributed by atoms with Crippen molar-refractivity contribution >= 4 is 12.4 Å². The standard InChI is InChI=1S/C17H21NO2.ClH/c1-2-20-15-10-8-14(9-11-15)17(18)16(19)12-13-6-4-3-5-7-13;/h3-11,16-17,19H,2,12,18H2,1H3;1H/t16-,17+;/m1./s1. The second-order valence-corrected chi connectivity index (χ2v) is 4.78. The molecule has 0 saturated heterocycles. The van der Waals surface area contributed by atoms with Crippen LogP contribution in [-0.2, 0) is 6.42 Å². The Balaban J connectivity index is 0.00000220. The molecule has 0 aliphatic carbocycles. The fraction of sp³-hybridized carbons (Fsp3) is 0.294. The Labute approximate surface area is 132 Å². The third kappa shape index (κ3) is 5.05. The molecule has 114 valence electrons. The second kappa shape index (κ2) is 8.67. The Hall–Kier alpha value is -1.55. The van der Waals surface area contributed by atoms with Crippen LogP contribution in [0.15, 0.2) is 54.6 Å². The van der Waals surface area contributed by atoms with E-state index in [9.17, 15) is 5.11 Å². The van der Waals surface area contributed by atoms with Crippen molar-refractivity contribution in [1.82, 2.24) is 0 Å². The summed E-state index contributed by atoms with van der Waals surface area (Å²) >= 11 is 0. The molecule has 2 aromatic rings. The van der Waals surface area contributed by atoms with Crippen LogP contribution in [0.25, 0.3) is 0 Å². The van der Waals surface area contributed by atoms with Gasteiger partial charge < -0.3 is 15.6 Å². The Kier molecular flexibility index (Phi) is 7.23. The fourth-order valence-corrected chi connectivity index (χ4v) is 2.16. The van der Waals surface area contributed by atoms with Crippen molar-refractivity contribution in [2.45, 2.75) is 25.5 Å². The van der Waals surface area contributed by atoms with E-state index in [-0.39, 0.29) is 12.4 Å². The number of ether oxygens (including phenoxy) is 1. The second-order valence-electron chi connectivity index (χ2n) is 4.78. The highest BCUT2D eigenvalue weighted by Crippen LogP contribution is 2.20. The maximum absolute atomic E-state index is 10.2. The molecule has 0 spiro atoms. The van der Waals surface area contributed by atoms with E-state index in [1.807, 2.05) is 61.5 Å². The van der Waals surface area contributed by atoms with E-state index in [1.165, 1.54) is 0 Å². The summed E-state index contributed by atoms with van der Waals surface area (Å²) in [4.78, 5) is 0. The lowest BCUT2D eigenvalue weighted by molar-refractivity contribution is 0.145. The molecule has 0 saturated carbocycles. The number of rotatable bonds is 6.